The Morgan fingerprint density at radius 2 is 1.78 bits per heavy atom. The second kappa shape index (κ2) is 9.71. The third-order valence-corrected chi connectivity index (χ3v) is 4.69. The van der Waals surface area contributed by atoms with E-state index >= 15 is 0 Å². The van der Waals surface area contributed by atoms with E-state index in [4.69, 9.17) is 4.52 Å². The van der Waals surface area contributed by atoms with Gasteiger partial charge in [0.1, 0.15) is 5.76 Å². The lowest BCUT2D eigenvalue weighted by Gasteiger charge is -2.43. The van der Waals surface area contributed by atoms with Gasteiger partial charge in [0.25, 0.3) is 5.91 Å². The molecule has 23 heavy (non-hydrogen) atoms. The Balaban J connectivity index is 2.79. The van der Waals surface area contributed by atoms with E-state index in [0.29, 0.717) is 12.2 Å². The molecular formula is C18H33N3O2. The van der Waals surface area contributed by atoms with Crippen LogP contribution in [0.1, 0.15) is 76.6 Å². The van der Waals surface area contributed by atoms with Gasteiger partial charge in [-0.25, -0.2) is 0 Å². The van der Waals surface area contributed by atoms with Gasteiger partial charge in [-0.1, -0.05) is 39.8 Å². The van der Waals surface area contributed by atoms with Crippen LogP contribution < -0.4 is 5.32 Å². The minimum atomic E-state index is -0.146. The number of hydrogen-bond acceptors (Lipinski definition) is 4. The lowest BCUT2D eigenvalue weighted by Crippen LogP contribution is -2.55. The molecule has 0 bridgehead atoms. The molecule has 0 atom stereocenters. The number of nitrogens with zero attached hydrogens (tertiary/aromatic N) is 2. The van der Waals surface area contributed by atoms with Gasteiger partial charge in [0, 0.05) is 24.6 Å². The SMILES string of the molecule is CCCN(CCC)C(CC)(CC)CNC(=O)c1cc(CC)on1. The van der Waals surface area contributed by atoms with Crippen molar-refractivity contribution >= 4 is 5.91 Å². The van der Waals surface area contributed by atoms with E-state index in [0.717, 1.165) is 51.0 Å². The summed E-state index contributed by atoms with van der Waals surface area (Å²) in [5.74, 6) is 0.596. The van der Waals surface area contributed by atoms with Crippen molar-refractivity contribution in [3.63, 3.8) is 0 Å². The number of rotatable bonds is 11. The average molecular weight is 323 g/mol. The highest BCUT2D eigenvalue weighted by Gasteiger charge is 2.33. The summed E-state index contributed by atoms with van der Waals surface area (Å²) >= 11 is 0. The molecule has 0 radical (unpaired) electrons. The van der Waals surface area contributed by atoms with Gasteiger partial charge in [-0.3, -0.25) is 9.69 Å². The first-order valence-corrected chi connectivity index (χ1v) is 9.05. The molecule has 0 unspecified atom stereocenters. The van der Waals surface area contributed by atoms with Crippen LogP contribution in [-0.4, -0.2) is 41.1 Å². The predicted octanol–water partition coefficient (Wildman–Crippen LogP) is 3.65. The van der Waals surface area contributed by atoms with Gasteiger partial charge in [0.2, 0.25) is 0 Å². The summed E-state index contributed by atoms with van der Waals surface area (Å²) in [6.45, 7) is 13.6. The Morgan fingerprint density at radius 3 is 2.22 bits per heavy atom. The van der Waals surface area contributed by atoms with E-state index in [1.165, 1.54) is 0 Å². The van der Waals surface area contributed by atoms with E-state index < -0.39 is 0 Å². The van der Waals surface area contributed by atoms with Crippen molar-refractivity contribution in [1.82, 2.24) is 15.4 Å². The number of aromatic nitrogens is 1. The van der Waals surface area contributed by atoms with Crippen molar-refractivity contribution in [3.8, 4) is 0 Å². The van der Waals surface area contributed by atoms with E-state index in [2.05, 4.69) is 43.1 Å². The van der Waals surface area contributed by atoms with Crippen molar-refractivity contribution < 1.29 is 9.32 Å². The molecule has 0 spiro atoms. The molecule has 0 aliphatic rings. The maximum Gasteiger partial charge on any atom is 0.273 e. The van der Waals surface area contributed by atoms with Crippen molar-refractivity contribution in [2.24, 2.45) is 0 Å². The number of carbonyl (C=O) groups is 1. The monoisotopic (exact) mass is 323 g/mol. The van der Waals surface area contributed by atoms with Crippen LogP contribution in [0.15, 0.2) is 10.6 Å². The van der Waals surface area contributed by atoms with Crippen molar-refractivity contribution in [1.29, 1.82) is 0 Å². The molecule has 0 fully saturated rings. The molecule has 1 aromatic heterocycles. The summed E-state index contributed by atoms with van der Waals surface area (Å²) in [4.78, 5) is 14.9. The fraction of sp³-hybridized carbons (Fsp3) is 0.778. The van der Waals surface area contributed by atoms with Crippen LogP contribution in [0.5, 0.6) is 0 Å². The van der Waals surface area contributed by atoms with Crippen LogP contribution in [0.4, 0.5) is 0 Å². The molecule has 0 aliphatic heterocycles. The number of amides is 1. The number of nitrogens with one attached hydrogen (secondary N) is 1. The molecule has 0 saturated carbocycles. The highest BCUT2D eigenvalue weighted by Crippen LogP contribution is 2.24. The zero-order valence-electron chi connectivity index (χ0n) is 15.4. The van der Waals surface area contributed by atoms with Crippen LogP contribution in [0.25, 0.3) is 0 Å². The maximum atomic E-state index is 12.3. The van der Waals surface area contributed by atoms with Gasteiger partial charge < -0.3 is 9.84 Å². The zero-order valence-corrected chi connectivity index (χ0v) is 15.4. The summed E-state index contributed by atoms with van der Waals surface area (Å²) in [6, 6.07) is 1.73. The van der Waals surface area contributed by atoms with Gasteiger partial charge in [0.05, 0.1) is 0 Å². The van der Waals surface area contributed by atoms with Crippen LogP contribution in [-0.2, 0) is 6.42 Å². The summed E-state index contributed by atoms with van der Waals surface area (Å²) < 4.78 is 5.12. The minimum absolute atomic E-state index is 0.0129. The fourth-order valence-electron chi connectivity index (χ4n) is 3.11. The van der Waals surface area contributed by atoms with E-state index in [9.17, 15) is 4.79 Å². The highest BCUT2D eigenvalue weighted by molar-refractivity contribution is 5.92. The molecule has 132 valence electrons. The topological polar surface area (TPSA) is 58.4 Å². The average Bonchev–Trinajstić information content (AvgIpc) is 3.05. The lowest BCUT2D eigenvalue weighted by molar-refractivity contribution is 0.0681. The molecule has 0 aliphatic carbocycles. The molecule has 5 heteroatoms. The molecule has 0 aromatic carbocycles. The normalized spacial score (nSPS) is 11.9. The van der Waals surface area contributed by atoms with Crippen LogP contribution >= 0.6 is 0 Å². The van der Waals surface area contributed by atoms with Crippen molar-refractivity contribution in [3.05, 3.63) is 17.5 Å². The Bertz CT molecular complexity index is 461. The lowest BCUT2D eigenvalue weighted by atomic mass is 9.89. The molecule has 1 rings (SSSR count). The summed E-state index contributed by atoms with van der Waals surface area (Å²) in [5, 5.41) is 6.93. The smallest absolute Gasteiger partial charge is 0.273 e. The zero-order chi connectivity index (χ0) is 17.3. The molecule has 1 aromatic rings. The van der Waals surface area contributed by atoms with Crippen molar-refractivity contribution in [2.45, 2.75) is 72.3 Å². The maximum absolute atomic E-state index is 12.3. The standard InChI is InChI=1S/C18H33N3O2/c1-6-11-21(12-7-2)18(9-4,10-5)14-19-17(22)16-13-15(8-3)23-20-16/h13H,6-12,14H2,1-5H3,(H,19,22). The Morgan fingerprint density at radius 1 is 1.17 bits per heavy atom. The van der Waals surface area contributed by atoms with E-state index in [-0.39, 0.29) is 11.4 Å². The van der Waals surface area contributed by atoms with Gasteiger partial charge in [-0.05, 0) is 38.8 Å². The first-order chi connectivity index (χ1) is 11.1. The largest absolute Gasteiger partial charge is 0.361 e. The van der Waals surface area contributed by atoms with Crippen molar-refractivity contribution in [2.75, 3.05) is 19.6 Å². The van der Waals surface area contributed by atoms with Gasteiger partial charge in [-0.15, -0.1) is 0 Å². The molecule has 1 amide bonds. The third kappa shape index (κ3) is 5.06. The van der Waals surface area contributed by atoms with Gasteiger partial charge >= 0.3 is 0 Å². The molecule has 0 saturated heterocycles. The fourth-order valence-corrected chi connectivity index (χ4v) is 3.11. The predicted molar refractivity (Wildman–Crippen MR) is 93.7 cm³/mol. The van der Waals surface area contributed by atoms with Gasteiger partial charge in [0.15, 0.2) is 5.69 Å². The molecule has 5 nitrogen and oxygen atoms in total. The van der Waals surface area contributed by atoms with Gasteiger partial charge in [-0.2, -0.15) is 0 Å². The number of carbonyl (C=O) groups excluding carboxylic acids is 1. The Labute approximate surface area is 140 Å². The van der Waals surface area contributed by atoms with E-state index in [1.54, 1.807) is 6.07 Å². The molecule has 1 heterocycles. The summed E-state index contributed by atoms with van der Waals surface area (Å²) in [7, 11) is 0. The Hall–Kier alpha value is -1.36. The van der Waals surface area contributed by atoms with E-state index in [1.807, 2.05) is 6.92 Å². The summed E-state index contributed by atoms with van der Waals surface area (Å²) in [6.07, 6.45) is 5.03. The first-order valence-electron chi connectivity index (χ1n) is 9.05. The highest BCUT2D eigenvalue weighted by atomic mass is 16.5. The Kier molecular flexibility index (Phi) is 8.31. The first kappa shape index (κ1) is 19.7. The van der Waals surface area contributed by atoms with Crippen LogP contribution in [0.2, 0.25) is 0 Å². The number of aryl methyl sites for hydroxylation is 1. The summed E-state index contributed by atoms with van der Waals surface area (Å²) in [5.41, 5.74) is 0.388. The van der Waals surface area contributed by atoms with Crippen LogP contribution in [0.3, 0.4) is 0 Å². The van der Waals surface area contributed by atoms with Crippen LogP contribution in [0, 0.1) is 0 Å². The second-order valence-corrected chi connectivity index (χ2v) is 6.13. The third-order valence-electron chi connectivity index (χ3n) is 4.69. The second-order valence-electron chi connectivity index (χ2n) is 6.13. The molecular weight excluding hydrogens is 290 g/mol. The molecule has 1 N–H and O–H groups in total. The number of hydrogen-bond donors (Lipinski definition) is 1. The minimum Gasteiger partial charge on any atom is -0.361 e. The quantitative estimate of drug-likeness (QED) is 0.675.